The van der Waals surface area contributed by atoms with E-state index in [1.807, 2.05) is 6.07 Å². The molecule has 1 aromatic carbocycles. The first kappa shape index (κ1) is 11.9. The molecule has 1 aromatic heterocycles. The van der Waals surface area contributed by atoms with E-state index in [1.165, 1.54) is 12.1 Å². The van der Waals surface area contributed by atoms with Gasteiger partial charge in [0.1, 0.15) is 5.82 Å². The lowest BCUT2D eigenvalue weighted by atomic mass is 10.1. The van der Waals surface area contributed by atoms with Gasteiger partial charge in [-0.2, -0.15) is 0 Å². The number of rotatable bonds is 2. The largest absolute Gasteiger partial charge is 0.367 e. The molecule has 0 aliphatic carbocycles. The molecule has 1 fully saturated rings. The van der Waals surface area contributed by atoms with Gasteiger partial charge in [0.2, 0.25) is 6.41 Å². The third-order valence-electron chi connectivity index (χ3n) is 3.49. The molecule has 19 heavy (non-hydrogen) atoms. The summed E-state index contributed by atoms with van der Waals surface area (Å²) in [5, 5.41) is 0.948. The van der Waals surface area contributed by atoms with Crippen molar-refractivity contribution in [2.45, 2.75) is 0 Å². The fourth-order valence-electron chi connectivity index (χ4n) is 2.45. The fraction of sp³-hybridized carbons (Fsp3) is 0.286. The molecule has 3 rings (SSSR count). The second kappa shape index (κ2) is 4.84. The summed E-state index contributed by atoms with van der Waals surface area (Å²) in [7, 11) is 0. The maximum Gasteiger partial charge on any atom is 0.209 e. The van der Waals surface area contributed by atoms with Crippen molar-refractivity contribution in [3.8, 4) is 0 Å². The van der Waals surface area contributed by atoms with E-state index in [9.17, 15) is 9.18 Å². The molecule has 2 aromatic rings. The number of aromatic nitrogens is 1. The van der Waals surface area contributed by atoms with E-state index in [4.69, 9.17) is 0 Å². The summed E-state index contributed by atoms with van der Waals surface area (Å²) < 4.78 is 13.2. The van der Waals surface area contributed by atoms with Gasteiger partial charge in [-0.25, -0.2) is 4.39 Å². The lowest BCUT2D eigenvalue weighted by molar-refractivity contribution is -0.118. The highest BCUT2D eigenvalue weighted by atomic mass is 19.1. The molecule has 0 N–H and O–H groups in total. The van der Waals surface area contributed by atoms with Crippen LogP contribution < -0.4 is 4.90 Å². The zero-order valence-electron chi connectivity index (χ0n) is 10.4. The van der Waals surface area contributed by atoms with Gasteiger partial charge < -0.3 is 9.80 Å². The molecule has 4 nitrogen and oxygen atoms in total. The van der Waals surface area contributed by atoms with E-state index < -0.39 is 0 Å². The van der Waals surface area contributed by atoms with Gasteiger partial charge in [0.15, 0.2) is 0 Å². The van der Waals surface area contributed by atoms with Crippen LogP contribution in [0, 0.1) is 5.82 Å². The van der Waals surface area contributed by atoms with Crippen LogP contribution in [0.4, 0.5) is 10.1 Å². The maximum atomic E-state index is 13.2. The molecule has 1 saturated heterocycles. The van der Waals surface area contributed by atoms with Gasteiger partial charge in [0.05, 0.1) is 5.52 Å². The number of pyridine rings is 1. The van der Waals surface area contributed by atoms with Crippen LogP contribution in [0.25, 0.3) is 10.9 Å². The van der Waals surface area contributed by atoms with Crippen molar-refractivity contribution in [3.63, 3.8) is 0 Å². The molecule has 1 aliphatic heterocycles. The van der Waals surface area contributed by atoms with Crippen LogP contribution in [-0.2, 0) is 4.79 Å². The number of hydrogen-bond acceptors (Lipinski definition) is 3. The molecule has 1 aliphatic rings. The van der Waals surface area contributed by atoms with E-state index in [1.54, 1.807) is 17.2 Å². The SMILES string of the molecule is O=CN1CCN(c2ccnc3cc(F)ccc23)CC1. The third kappa shape index (κ3) is 2.23. The van der Waals surface area contributed by atoms with Crippen molar-refractivity contribution >= 4 is 23.0 Å². The van der Waals surface area contributed by atoms with Crippen molar-refractivity contribution in [1.29, 1.82) is 0 Å². The van der Waals surface area contributed by atoms with Crippen molar-refractivity contribution in [2.75, 3.05) is 31.1 Å². The number of benzene rings is 1. The van der Waals surface area contributed by atoms with E-state index in [2.05, 4.69) is 9.88 Å². The molecule has 0 saturated carbocycles. The van der Waals surface area contributed by atoms with Crippen molar-refractivity contribution in [2.24, 2.45) is 0 Å². The molecule has 0 spiro atoms. The van der Waals surface area contributed by atoms with Crippen LogP contribution >= 0.6 is 0 Å². The highest BCUT2D eigenvalue weighted by Crippen LogP contribution is 2.26. The first-order chi connectivity index (χ1) is 9.28. The Morgan fingerprint density at radius 2 is 1.95 bits per heavy atom. The Hall–Kier alpha value is -2.17. The normalized spacial score (nSPS) is 15.8. The molecule has 1 amide bonds. The summed E-state index contributed by atoms with van der Waals surface area (Å²) in [5.41, 5.74) is 1.71. The Morgan fingerprint density at radius 3 is 2.68 bits per heavy atom. The quantitative estimate of drug-likeness (QED) is 0.769. The van der Waals surface area contributed by atoms with Gasteiger partial charge in [0.25, 0.3) is 0 Å². The smallest absolute Gasteiger partial charge is 0.209 e. The minimum atomic E-state index is -0.275. The summed E-state index contributed by atoms with van der Waals surface area (Å²) in [6.45, 7) is 3.01. The van der Waals surface area contributed by atoms with Gasteiger partial charge in [0, 0.05) is 49.5 Å². The molecule has 5 heteroatoms. The first-order valence-electron chi connectivity index (χ1n) is 6.26. The first-order valence-corrected chi connectivity index (χ1v) is 6.26. The Balaban J connectivity index is 1.95. The minimum Gasteiger partial charge on any atom is -0.367 e. The number of halogens is 1. The number of hydrogen-bond donors (Lipinski definition) is 0. The molecule has 0 atom stereocenters. The number of amides is 1. The summed E-state index contributed by atoms with van der Waals surface area (Å²) >= 11 is 0. The monoisotopic (exact) mass is 259 g/mol. The van der Waals surface area contributed by atoms with Crippen LogP contribution in [0.5, 0.6) is 0 Å². The van der Waals surface area contributed by atoms with Crippen molar-refractivity contribution < 1.29 is 9.18 Å². The number of nitrogens with zero attached hydrogens (tertiary/aromatic N) is 3. The molecule has 0 unspecified atom stereocenters. The number of piperazine rings is 1. The van der Waals surface area contributed by atoms with Crippen LogP contribution in [-0.4, -0.2) is 42.5 Å². The van der Waals surface area contributed by atoms with Crippen LogP contribution in [0.2, 0.25) is 0 Å². The van der Waals surface area contributed by atoms with Crippen LogP contribution in [0.15, 0.2) is 30.5 Å². The zero-order valence-corrected chi connectivity index (χ0v) is 10.4. The van der Waals surface area contributed by atoms with Crippen molar-refractivity contribution in [1.82, 2.24) is 9.88 Å². The summed E-state index contributed by atoms with van der Waals surface area (Å²) in [6, 6.07) is 6.60. The minimum absolute atomic E-state index is 0.275. The van der Waals surface area contributed by atoms with E-state index in [0.29, 0.717) is 18.6 Å². The van der Waals surface area contributed by atoms with Crippen molar-refractivity contribution in [3.05, 3.63) is 36.3 Å². The number of anilines is 1. The zero-order chi connectivity index (χ0) is 13.2. The lowest BCUT2D eigenvalue weighted by Crippen LogP contribution is -2.45. The second-order valence-corrected chi connectivity index (χ2v) is 4.62. The molecule has 98 valence electrons. The van der Waals surface area contributed by atoms with E-state index in [0.717, 1.165) is 30.6 Å². The number of carbonyl (C=O) groups excluding carboxylic acids is 1. The summed E-state index contributed by atoms with van der Waals surface area (Å²) in [4.78, 5) is 18.9. The highest BCUT2D eigenvalue weighted by molar-refractivity contribution is 5.91. The van der Waals surface area contributed by atoms with Gasteiger partial charge in [-0.3, -0.25) is 9.78 Å². The molecular weight excluding hydrogens is 245 g/mol. The van der Waals surface area contributed by atoms with Crippen LogP contribution in [0.3, 0.4) is 0 Å². The highest BCUT2D eigenvalue weighted by Gasteiger charge is 2.17. The van der Waals surface area contributed by atoms with E-state index in [-0.39, 0.29) is 5.82 Å². The molecule has 2 heterocycles. The average Bonchev–Trinajstić information content (AvgIpc) is 2.46. The van der Waals surface area contributed by atoms with Crippen LogP contribution in [0.1, 0.15) is 0 Å². The Bertz CT molecular complexity index is 609. The Morgan fingerprint density at radius 1 is 1.16 bits per heavy atom. The predicted octanol–water partition coefficient (Wildman–Crippen LogP) is 1.65. The number of fused-ring (bicyclic) bond motifs is 1. The third-order valence-corrected chi connectivity index (χ3v) is 3.49. The second-order valence-electron chi connectivity index (χ2n) is 4.62. The van der Waals surface area contributed by atoms with Gasteiger partial charge in [-0.15, -0.1) is 0 Å². The van der Waals surface area contributed by atoms with Gasteiger partial charge in [-0.05, 0) is 18.2 Å². The molecule has 0 bridgehead atoms. The maximum absolute atomic E-state index is 13.2. The fourth-order valence-corrected chi connectivity index (χ4v) is 2.45. The van der Waals surface area contributed by atoms with Gasteiger partial charge in [-0.1, -0.05) is 0 Å². The summed E-state index contributed by atoms with van der Waals surface area (Å²) in [5.74, 6) is -0.275. The van der Waals surface area contributed by atoms with E-state index >= 15 is 0 Å². The molecule has 0 radical (unpaired) electrons. The number of carbonyl (C=O) groups is 1. The predicted molar refractivity (Wildman–Crippen MR) is 71.6 cm³/mol. The standard InChI is InChI=1S/C14H14FN3O/c15-11-1-2-12-13(9-11)16-4-3-14(12)18-7-5-17(10-19)6-8-18/h1-4,9-10H,5-8H2. The molecular formula is C14H14FN3O. The average molecular weight is 259 g/mol. The Labute approximate surface area is 110 Å². The van der Waals surface area contributed by atoms with Gasteiger partial charge >= 0.3 is 0 Å². The lowest BCUT2D eigenvalue weighted by Gasteiger charge is -2.34. The summed E-state index contributed by atoms with van der Waals surface area (Å²) in [6.07, 6.45) is 2.58. The Kier molecular flexibility index (Phi) is 3.03. The topological polar surface area (TPSA) is 36.4 Å².